The van der Waals surface area contributed by atoms with E-state index in [0.717, 1.165) is 5.56 Å². The molecule has 0 aliphatic rings. The van der Waals surface area contributed by atoms with Gasteiger partial charge in [0.2, 0.25) is 5.28 Å². The highest BCUT2D eigenvalue weighted by Crippen LogP contribution is 2.27. The van der Waals surface area contributed by atoms with Gasteiger partial charge in [0, 0.05) is 31.6 Å². The third-order valence-corrected chi connectivity index (χ3v) is 4.27. The maximum Gasteiger partial charge on any atom is 0.407 e. The summed E-state index contributed by atoms with van der Waals surface area (Å²) < 4.78 is 17.2. The molecule has 0 fully saturated rings. The summed E-state index contributed by atoms with van der Waals surface area (Å²) in [6.07, 6.45) is 2.79. The molecule has 0 saturated carbocycles. The highest BCUT2D eigenvalue weighted by atomic mass is 35.5. The molecule has 164 valence electrons. The second-order valence-corrected chi connectivity index (χ2v) is 8.01. The number of halogens is 1. The van der Waals surface area contributed by atoms with E-state index in [1.54, 1.807) is 43.8 Å². The monoisotopic (exact) mass is 438 g/mol. The lowest BCUT2D eigenvalue weighted by atomic mass is 10.1. The van der Waals surface area contributed by atoms with E-state index in [1.165, 1.54) is 14.2 Å². The highest BCUT2D eigenvalue weighted by molar-refractivity contribution is 6.28. The van der Waals surface area contributed by atoms with Gasteiger partial charge in [-0.3, -0.25) is 0 Å². The Kier molecular flexibility index (Phi) is 7.80. The molecule has 2 heterocycles. The Balaban J connectivity index is 2.39. The summed E-state index contributed by atoms with van der Waals surface area (Å²) in [5.74, 6) is -0.530. The summed E-state index contributed by atoms with van der Waals surface area (Å²) in [6, 6.07) is 1.26. The van der Waals surface area contributed by atoms with Crippen LogP contribution in [0.2, 0.25) is 5.28 Å². The number of esters is 1. The van der Waals surface area contributed by atoms with Crippen molar-refractivity contribution in [3.63, 3.8) is 0 Å². The topological polar surface area (TPSA) is 105 Å². The molecule has 1 N–H and O–H groups in total. The summed E-state index contributed by atoms with van der Waals surface area (Å²) in [5.41, 5.74) is 1.71. The fraction of sp³-hybridized carbons (Fsp3) is 0.500. The van der Waals surface area contributed by atoms with Gasteiger partial charge in [-0.2, -0.15) is 0 Å². The Labute approximate surface area is 180 Å². The first-order chi connectivity index (χ1) is 14.1. The first-order valence-corrected chi connectivity index (χ1v) is 9.69. The van der Waals surface area contributed by atoms with Crippen molar-refractivity contribution in [3.8, 4) is 11.3 Å². The molecule has 2 rings (SSSR count). The first kappa shape index (κ1) is 23.6. The maximum absolute atomic E-state index is 12.4. The van der Waals surface area contributed by atoms with Crippen molar-refractivity contribution in [1.82, 2.24) is 19.9 Å². The summed E-state index contributed by atoms with van der Waals surface area (Å²) >= 11 is 5.95. The summed E-state index contributed by atoms with van der Waals surface area (Å²) in [7, 11) is 2.84. The fourth-order valence-electron chi connectivity index (χ4n) is 2.84. The average Bonchev–Trinajstić information content (AvgIpc) is 3.10. The minimum atomic E-state index is -0.623. The number of rotatable bonds is 7. The number of methoxy groups -OCH3 is 2. The van der Waals surface area contributed by atoms with Crippen LogP contribution in [0.4, 0.5) is 4.79 Å². The molecule has 30 heavy (non-hydrogen) atoms. The molecule has 0 aliphatic heterocycles. The molecule has 2 aromatic heterocycles. The normalized spacial score (nSPS) is 12.4. The van der Waals surface area contributed by atoms with Gasteiger partial charge in [0.1, 0.15) is 11.3 Å². The minimum Gasteiger partial charge on any atom is -0.464 e. The third kappa shape index (κ3) is 6.17. The van der Waals surface area contributed by atoms with Crippen molar-refractivity contribution >= 4 is 23.7 Å². The number of nitrogens with zero attached hydrogens (tertiary/aromatic N) is 3. The zero-order valence-electron chi connectivity index (χ0n) is 18.0. The van der Waals surface area contributed by atoms with Crippen LogP contribution in [-0.4, -0.2) is 59.6 Å². The van der Waals surface area contributed by atoms with E-state index in [1.807, 2.05) is 6.92 Å². The lowest BCUT2D eigenvalue weighted by molar-refractivity contribution is 0.0507. The molecule has 0 spiro atoms. The van der Waals surface area contributed by atoms with E-state index in [0.29, 0.717) is 11.3 Å². The van der Waals surface area contributed by atoms with Crippen LogP contribution in [0, 0.1) is 6.92 Å². The van der Waals surface area contributed by atoms with Crippen LogP contribution in [-0.2, 0) is 14.2 Å². The van der Waals surface area contributed by atoms with Gasteiger partial charge < -0.3 is 24.1 Å². The minimum absolute atomic E-state index is 0.100. The van der Waals surface area contributed by atoms with Gasteiger partial charge in [0.25, 0.3) is 0 Å². The first-order valence-electron chi connectivity index (χ1n) is 9.31. The van der Waals surface area contributed by atoms with Gasteiger partial charge in [-0.25, -0.2) is 19.6 Å². The van der Waals surface area contributed by atoms with Crippen LogP contribution in [0.15, 0.2) is 18.5 Å². The van der Waals surface area contributed by atoms with Crippen LogP contribution in [0.5, 0.6) is 0 Å². The van der Waals surface area contributed by atoms with Gasteiger partial charge in [-0.15, -0.1) is 0 Å². The van der Waals surface area contributed by atoms with Crippen molar-refractivity contribution in [2.45, 2.75) is 39.3 Å². The van der Waals surface area contributed by atoms with Gasteiger partial charge in [0.15, 0.2) is 0 Å². The average molecular weight is 439 g/mol. The van der Waals surface area contributed by atoms with Gasteiger partial charge in [-0.05, 0) is 50.9 Å². The Morgan fingerprint density at radius 1 is 1.30 bits per heavy atom. The maximum atomic E-state index is 12.4. The Morgan fingerprint density at radius 2 is 2.00 bits per heavy atom. The number of carbonyl (C=O) groups is 2. The van der Waals surface area contributed by atoms with Crippen molar-refractivity contribution in [2.75, 3.05) is 27.4 Å². The number of amides is 1. The van der Waals surface area contributed by atoms with Crippen LogP contribution >= 0.6 is 11.6 Å². The van der Waals surface area contributed by atoms with Gasteiger partial charge in [0.05, 0.1) is 25.5 Å². The molecule has 1 amide bonds. The van der Waals surface area contributed by atoms with Crippen LogP contribution in [0.3, 0.4) is 0 Å². The fourth-order valence-corrected chi connectivity index (χ4v) is 2.97. The number of alkyl carbamates (subject to hydrolysis) is 1. The van der Waals surface area contributed by atoms with E-state index in [2.05, 4.69) is 15.3 Å². The standard InChI is InChI=1S/C20H27ClN4O5/c1-12-8-22-18(21)24-16(12)13-7-15(17(26)29-6)25(10-13)14(11-28-5)9-23-19(27)30-20(2,3)4/h7-8,10,14H,9,11H2,1-6H3,(H,23,27). The quantitative estimate of drug-likeness (QED) is 0.521. The zero-order chi connectivity index (χ0) is 22.5. The largest absolute Gasteiger partial charge is 0.464 e. The van der Waals surface area contributed by atoms with E-state index < -0.39 is 23.7 Å². The highest BCUT2D eigenvalue weighted by Gasteiger charge is 2.24. The second-order valence-electron chi connectivity index (χ2n) is 7.68. The summed E-state index contributed by atoms with van der Waals surface area (Å²) in [4.78, 5) is 32.7. The number of nitrogens with one attached hydrogen (secondary N) is 1. The molecular formula is C20H27ClN4O5. The number of aryl methyl sites for hydroxylation is 1. The van der Waals surface area contributed by atoms with Crippen molar-refractivity contribution in [1.29, 1.82) is 0 Å². The molecular weight excluding hydrogens is 412 g/mol. The van der Waals surface area contributed by atoms with Gasteiger partial charge >= 0.3 is 12.1 Å². The molecule has 0 aromatic carbocycles. The molecule has 1 atom stereocenters. The summed E-state index contributed by atoms with van der Waals surface area (Å²) in [6.45, 7) is 7.59. The predicted octanol–water partition coefficient (Wildman–Crippen LogP) is 3.41. The smallest absolute Gasteiger partial charge is 0.407 e. The predicted molar refractivity (Wildman–Crippen MR) is 112 cm³/mol. The Morgan fingerprint density at radius 3 is 2.60 bits per heavy atom. The molecule has 0 saturated heterocycles. The number of carbonyl (C=O) groups excluding carboxylic acids is 2. The van der Waals surface area contributed by atoms with Crippen LogP contribution in [0.1, 0.15) is 42.9 Å². The number of hydrogen-bond acceptors (Lipinski definition) is 7. The lowest BCUT2D eigenvalue weighted by Crippen LogP contribution is -2.37. The molecule has 1 unspecified atom stereocenters. The van der Waals surface area contributed by atoms with Crippen LogP contribution < -0.4 is 5.32 Å². The second kappa shape index (κ2) is 9.90. The molecule has 0 bridgehead atoms. The molecule has 0 radical (unpaired) electrons. The molecule has 2 aromatic rings. The van der Waals surface area contributed by atoms with E-state index in [4.69, 9.17) is 25.8 Å². The Hall–Kier alpha value is -2.65. The number of aromatic nitrogens is 3. The Bertz CT molecular complexity index is 907. The SMILES string of the molecule is COCC(CNC(=O)OC(C)(C)C)n1cc(-c2nc(Cl)ncc2C)cc1C(=O)OC. The molecule has 9 nitrogen and oxygen atoms in total. The number of ether oxygens (including phenoxy) is 3. The van der Waals surface area contributed by atoms with E-state index >= 15 is 0 Å². The molecule has 10 heteroatoms. The lowest BCUT2D eigenvalue weighted by Gasteiger charge is -2.23. The molecule has 0 aliphatic carbocycles. The van der Waals surface area contributed by atoms with Crippen molar-refractivity contribution in [2.24, 2.45) is 0 Å². The van der Waals surface area contributed by atoms with E-state index in [9.17, 15) is 9.59 Å². The van der Waals surface area contributed by atoms with Gasteiger partial charge in [-0.1, -0.05) is 0 Å². The van der Waals surface area contributed by atoms with Crippen molar-refractivity contribution in [3.05, 3.63) is 35.0 Å². The van der Waals surface area contributed by atoms with Crippen LogP contribution in [0.25, 0.3) is 11.3 Å². The van der Waals surface area contributed by atoms with Crippen molar-refractivity contribution < 1.29 is 23.8 Å². The zero-order valence-corrected chi connectivity index (χ0v) is 18.7. The van der Waals surface area contributed by atoms with E-state index in [-0.39, 0.29) is 24.1 Å². The number of hydrogen-bond donors (Lipinski definition) is 1. The summed E-state index contributed by atoms with van der Waals surface area (Å²) in [5, 5.41) is 2.82. The third-order valence-electron chi connectivity index (χ3n) is 4.09.